The predicted molar refractivity (Wildman–Crippen MR) is 80.5 cm³/mol. The number of hydrogen-bond acceptors (Lipinski definition) is 3. The minimum Gasteiger partial charge on any atom is -0.396 e. The zero-order valence-corrected chi connectivity index (χ0v) is 11.0. The van der Waals surface area contributed by atoms with Gasteiger partial charge in [0.25, 0.3) is 5.91 Å². The molecule has 5 heteroatoms. The number of benzene rings is 2. The van der Waals surface area contributed by atoms with Crippen molar-refractivity contribution in [3.05, 3.63) is 66.1 Å². The van der Waals surface area contributed by atoms with Crippen molar-refractivity contribution in [2.45, 2.75) is 0 Å². The lowest BCUT2D eigenvalue weighted by molar-refractivity contribution is 0.102. The zero-order chi connectivity index (χ0) is 14.8. The summed E-state index contributed by atoms with van der Waals surface area (Å²) in [7, 11) is 0. The van der Waals surface area contributed by atoms with Gasteiger partial charge in [-0.25, -0.2) is 4.39 Å². The van der Waals surface area contributed by atoms with Crippen molar-refractivity contribution in [2.24, 2.45) is 0 Å². The van der Waals surface area contributed by atoms with E-state index in [4.69, 9.17) is 5.73 Å². The highest BCUT2D eigenvalue weighted by Gasteiger charge is 2.11. The number of carbonyl (C=O) groups excluding carboxylic acids is 1. The largest absolute Gasteiger partial charge is 0.396 e. The van der Waals surface area contributed by atoms with Gasteiger partial charge in [-0.15, -0.1) is 0 Å². The summed E-state index contributed by atoms with van der Waals surface area (Å²) >= 11 is 0. The van der Waals surface area contributed by atoms with E-state index in [1.54, 1.807) is 12.3 Å². The van der Waals surface area contributed by atoms with Crippen LogP contribution in [0, 0.1) is 5.82 Å². The molecule has 1 heterocycles. The van der Waals surface area contributed by atoms with Crippen molar-refractivity contribution in [2.75, 3.05) is 11.1 Å². The second-order valence-corrected chi connectivity index (χ2v) is 4.57. The molecule has 4 nitrogen and oxygen atoms in total. The molecular weight excluding hydrogens is 269 g/mol. The summed E-state index contributed by atoms with van der Waals surface area (Å²) in [4.78, 5) is 16.6. The highest BCUT2D eigenvalue weighted by molar-refractivity contribution is 6.12. The Morgan fingerprint density at radius 3 is 2.76 bits per heavy atom. The van der Waals surface area contributed by atoms with Crippen LogP contribution < -0.4 is 11.1 Å². The molecule has 21 heavy (non-hydrogen) atoms. The fraction of sp³-hybridized carbons (Fsp3) is 0. The molecule has 0 spiro atoms. The summed E-state index contributed by atoms with van der Waals surface area (Å²) in [6.45, 7) is 0. The lowest BCUT2D eigenvalue weighted by Crippen LogP contribution is -2.13. The molecule has 3 aromatic rings. The van der Waals surface area contributed by atoms with Crippen LogP contribution in [0.5, 0.6) is 0 Å². The van der Waals surface area contributed by atoms with E-state index >= 15 is 0 Å². The highest BCUT2D eigenvalue weighted by Crippen LogP contribution is 2.20. The Bertz CT molecular complexity index is 827. The van der Waals surface area contributed by atoms with Gasteiger partial charge in [-0.1, -0.05) is 18.2 Å². The van der Waals surface area contributed by atoms with Crippen LogP contribution in [0.25, 0.3) is 10.9 Å². The maximum Gasteiger partial charge on any atom is 0.256 e. The van der Waals surface area contributed by atoms with Crippen molar-refractivity contribution in [1.82, 2.24) is 4.98 Å². The zero-order valence-electron chi connectivity index (χ0n) is 11.0. The molecule has 0 unspecified atom stereocenters. The molecule has 0 atom stereocenters. The number of nitrogens with two attached hydrogens (primary N) is 1. The lowest BCUT2D eigenvalue weighted by atomic mass is 10.1. The van der Waals surface area contributed by atoms with E-state index < -0.39 is 5.82 Å². The molecule has 0 bridgehead atoms. The number of nitrogens with one attached hydrogen (secondary N) is 1. The Morgan fingerprint density at radius 1 is 1.14 bits per heavy atom. The summed E-state index contributed by atoms with van der Waals surface area (Å²) < 4.78 is 13.1. The predicted octanol–water partition coefficient (Wildman–Crippen LogP) is 3.21. The molecule has 1 aromatic heterocycles. The average molecular weight is 281 g/mol. The van der Waals surface area contributed by atoms with E-state index in [1.165, 1.54) is 18.2 Å². The van der Waals surface area contributed by atoms with Crippen LogP contribution in [0.3, 0.4) is 0 Å². The van der Waals surface area contributed by atoms with E-state index in [0.29, 0.717) is 11.3 Å². The minimum absolute atomic E-state index is 0.00705. The number of para-hydroxylation sites is 1. The van der Waals surface area contributed by atoms with Gasteiger partial charge >= 0.3 is 0 Å². The van der Waals surface area contributed by atoms with Crippen molar-refractivity contribution >= 4 is 28.2 Å². The Balaban J connectivity index is 1.95. The number of rotatable bonds is 2. The minimum atomic E-state index is -0.512. The summed E-state index contributed by atoms with van der Waals surface area (Å²) in [5.74, 6) is -0.804. The standard InChI is InChI=1S/C16H12FN3O/c17-13-6-5-10(9-14(13)18)20-16(21)12-7-8-19-15-4-2-1-3-11(12)15/h1-9H,18H2,(H,20,21). The molecule has 0 radical (unpaired) electrons. The number of anilines is 2. The first-order valence-corrected chi connectivity index (χ1v) is 6.35. The van der Waals surface area contributed by atoms with Crippen molar-refractivity contribution in [3.63, 3.8) is 0 Å². The Kier molecular flexibility index (Phi) is 3.23. The normalized spacial score (nSPS) is 10.5. The van der Waals surface area contributed by atoms with Gasteiger partial charge in [-0.3, -0.25) is 9.78 Å². The quantitative estimate of drug-likeness (QED) is 0.709. The summed E-state index contributed by atoms with van der Waals surface area (Å²) in [6, 6.07) is 13.1. The first-order valence-electron chi connectivity index (χ1n) is 6.35. The average Bonchev–Trinajstić information content (AvgIpc) is 2.50. The van der Waals surface area contributed by atoms with Gasteiger partial charge in [0.1, 0.15) is 5.82 Å². The lowest BCUT2D eigenvalue weighted by Gasteiger charge is -2.08. The van der Waals surface area contributed by atoms with Crippen LogP contribution in [0.2, 0.25) is 0 Å². The number of carbonyl (C=O) groups is 1. The van der Waals surface area contributed by atoms with Crippen LogP contribution in [0.4, 0.5) is 15.8 Å². The maximum atomic E-state index is 13.1. The fourth-order valence-electron chi connectivity index (χ4n) is 2.11. The van der Waals surface area contributed by atoms with Gasteiger partial charge in [0.05, 0.1) is 16.8 Å². The number of fused-ring (bicyclic) bond motifs is 1. The SMILES string of the molecule is Nc1cc(NC(=O)c2ccnc3ccccc23)ccc1F. The van der Waals surface area contributed by atoms with E-state index in [2.05, 4.69) is 10.3 Å². The third-order valence-electron chi connectivity index (χ3n) is 3.15. The number of nitrogens with zero attached hydrogens (tertiary/aromatic N) is 1. The van der Waals surface area contributed by atoms with E-state index in [1.807, 2.05) is 24.3 Å². The van der Waals surface area contributed by atoms with Gasteiger partial charge in [-0.05, 0) is 30.3 Å². The van der Waals surface area contributed by atoms with Crippen LogP contribution in [-0.4, -0.2) is 10.9 Å². The van der Waals surface area contributed by atoms with E-state index in [9.17, 15) is 9.18 Å². The van der Waals surface area contributed by atoms with E-state index in [-0.39, 0.29) is 11.6 Å². The van der Waals surface area contributed by atoms with Crippen LogP contribution >= 0.6 is 0 Å². The van der Waals surface area contributed by atoms with Crippen molar-refractivity contribution in [1.29, 1.82) is 0 Å². The van der Waals surface area contributed by atoms with Gasteiger partial charge in [0.2, 0.25) is 0 Å². The molecule has 2 aromatic carbocycles. The fourth-order valence-corrected chi connectivity index (χ4v) is 2.11. The molecule has 104 valence electrons. The second kappa shape index (κ2) is 5.20. The van der Waals surface area contributed by atoms with Crippen molar-refractivity contribution in [3.8, 4) is 0 Å². The Morgan fingerprint density at radius 2 is 1.95 bits per heavy atom. The first kappa shape index (κ1) is 13.1. The number of halogens is 1. The highest BCUT2D eigenvalue weighted by atomic mass is 19.1. The molecule has 3 rings (SSSR count). The molecule has 0 fully saturated rings. The molecule has 0 aliphatic carbocycles. The monoisotopic (exact) mass is 281 g/mol. The molecule has 0 saturated carbocycles. The summed E-state index contributed by atoms with van der Waals surface area (Å²) in [5.41, 5.74) is 7.17. The third-order valence-corrected chi connectivity index (χ3v) is 3.15. The number of hydrogen-bond donors (Lipinski definition) is 2. The smallest absolute Gasteiger partial charge is 0.256 e. The maximum absolute atomic E-state index is 13.1. The number of pyridine rings is 1. The Hall–Kier alpha value is -2.95. The van der Waals surface area contributed by atoms with Crippen LogP contribution in [0.15, 0.2) is 54.7 Å². The number of aromatic nitrogens is 1. The molecule has 3 N–H and O–H groups in total. The van der Waals surface area contributed by atoms with Crippen LogP contribution in [0.1, 0.15) is 10.4 Å². The number of amides is 1. The molecule has 0 saturated heterocycles. The van der Waals surface area contributed by atoms with Gasteiger partial charge in [0.15, 0.2) is 0 Å². The summed E-state index contributed by atoms with van der Waals surface area (Å²) in [5, 5.41) is 3.46. The summed E-state index contributed by atoms with van der Waals surface area (Å²) in [6.07, 6.45) is 1.58. The first-order chi connectivity index (χ1) is 10.1. The van der Waals surface area contributed by atoms with Crippen LogP contribution in [-0.2, 0) is 0 Å². The third kappa shape index (κ3) is 2.53. The van der Waals surface area contributed by atoms with Gasteiger partial charge in [0, 0.05) is 17.3 Å². The molecular formula is C16H12FN3O. The van der Waals surface area contributed by atoms with Crippen molar-refractivity contribution < 1.29 is 9.18 Å². The van der Waals surface area contributed by atoms with Gasteiger partial charge in [-0.2, -0.15) is 0 Å². The Labute approximate surface area is 120 Å². The number of nitrogen functional groups attached to an aromatic ring is 1. The second-order valence-electron chi connectivity index (χ2n) is 4.57. The van der Waals surface area contributed by atoms with E-state index in [0.717, 1.165) is 10.9 Å². The molecule has 1 amide bonds. The van der Waals surface area contributed by atoms with Gasteiger partial charge < -0.3 is 11.1 Å². The topological polar surface area (TPSA) is 68.0 Å². The molecule has 0 aliphatic heterocycles. The molecule has 0 aliphatic rings.